The molecule has 0 bridgehead atoms. The average molecular weight is 787 g/mol. The Hall–Kier alpha value is -6.89. The second kappa shape index (κ2) is 19.6. The van der Waals surface area contributed by atoms with Gasteiger partial charge in [0.1, 0.15) is 41.8 Å². The monoisotopic (exact) mass is 786 g/mol. The van der Waals surface area contributed by atoms with Gasteiger partial charge in [0.15, 0.2) is 0 Å². The van der Waals surface area contributed by atoms with Gasteiger partial charge >= 0.3 is 0 Å². The van der Waals surface area contributed by atoms with Crippen LogP contribution in [0.15, 0.2) is 81.8 Å². The number of benzene rings is 4. The fraction of sp³-hybridized carbons (Fsp3) is 0.227. The summed E-state index contributed by atoms with van der Waals surface area (Å²) in [6.45, 7) is 15.5. The summed E-state index contributed by atoms with van der Waals surface area (Å²) in [5, 5.41) is 41.1. The van der Waals surface area contributed by atoms with Crippen molar-refractivity contribution in [1.82, 2.24) is 10.3 Å². The summed E-state index contributed by atoms with van der Waals surface area (Å²) in [7, 11) is 0. The standard InChI is InChI=1S/C22H21N3O3.C16H14N2O2.C6H8ClNO/c1-13-6-5-7-21(14(13)2)24-22(26)19-9-8-18(10-17(19)11-23)27-12-20-15(3)25-28-16(20)4;1-10-4-3-5-15(11(10)2)18-16(20)14-7-6-13(19)8-12(14)9-17;1-4-6(3-7)5(2)9-8-4/h5-10H,12H2,1-4H3,(H,24,26);3-8,19H,1-2H3,(H,18,20);3H2,1-2H3. The van der Waals surface area contributed by atoms with Crippen molar-refractivity contribution >= 4 is 34.8 Å². The Morgan fingerprint density at radius 3 is 1.61 bits per heavy atom. The predicted molar refractivity (Wildman–Crippen MR) is 218 cm³/mol. The van der Waals surface area contributed by atoms with Gasteiger partial charge in [0.2, 0.25) is 0 Å². The van der Waals surface area contributed by atoms with Crippen molar-refractivity contribution in [2.75, 3.05) is 10.6 Å². The van der Waals surface area contributed by atoms with E-state index >= 15 is 0 Å². The number of nitrogens with one attached hydrogen (secondary N) is 2. The quantitative estimate of drug-likeness (QED) is 0.125. The number of aromatic hydroxyl groups is 1. The molecule has 0 saturated heterocycles. The Labute approximate surface area is 336 Å². The van der Waals surface area contributed by atoms with Gasteiger partial charge in [-0.15, -0.1) is 11.6 Å². The molecule has 13 heteroatoms. The number of aryl methyl sites for hydroxylation is 6. The molecular formula is C44H43ClN6O6. The number of anilines is 2. The zero-order valence-electron chi connectivity index (χ0n) is 33.0. The van der Waals surface area contributed by atoms with Gasteiger partial charge in [-0.1, -0.05) is 34.6 Å². The lowest BCUT2D eigenvalue weighted by Crippen LogP contribution is -2.14. The molecule has 2 amide bonds. The molecule has 0 fully saturated rings. The highest BCUT2D eigenvalue weighted by atomic mass is 35.5. The molecule has 0 atom stereocenters. The lowest BCUT2D eigenvalue weighted by Gasteiger charge is -2.12. The summed E-state index contributed by atoms with van der Waals surface area (Å²) in [4.78, 5) is 24.9. The van der Waals surface area contributed by atoms with Gasteiger partial charge in [-0.05, 0) is 126 Å². The highest BCUT2D eigenvalue weighted by Gasteiger charge is 2.16. The molecule has 0 saturated carbocycles. The number of phenolic OH excluding ortho intramolecular Hbond substituents is 1. The number of halogens is 1. The van der Waals surface area contributed by atoms with Crippen molar-refractivity contribution in [1.29, 1.82) is 10.5 Å². The first-order valence-electron chi connectivity index (χ1n) is 17.7. The minimum absolute atomic E-state index is 0.0372. The number of amides is 2. The third kappa shape index (κ3) is 10.9. The Morgan fingerprint density at radius 2 is 1.18 bits per heavy atom. The predicted octanol–water partition coefficient (Wildman–Crippen LogP) is 9.77. The van der Waals surface area contributed by atoms with E-state index in [1.165, 1.54) is 18.2 Å². The van der Waals surface area contributed by atoms with E-state index in [1.807, 2.05) is 97.9 Å². The van der Waals surface area contributed by atoms with Crippen molar-refractivity contribution < 1.29 is 28.5 Å². The molecule has 12 nitrogen and oxygen atoms in total. The summed E-state index contributed by atoms with van der Waals surface area (Å²) in [5.41, 5.74) is 10.1. The summed E-state index contributed by atoms with van der Waals surface area (Å²) in [6, 6.07) is 24.3. The Bertz CT molecular complexity index is 2450. The molecule has 57 heavy (non-hydrogen) atoms. The van der Waals surface area contributed by atoms with Crippen molar-refractivity contribution in [3.63, 3.8) is 0 Å². The minimum Gasteiger partial charge on any atom is -0.508 e. The van der Waals surface area contributed by atoms with E-state index in [9.17, 15) is 20.0 Å². The van der Waals surface area contributed by atoms with E-state index in [1.54, 1.807) is 18.2 Å². The Balaban J connectivity index is 0.000000215. The largest absolute Gasteiger partial charge is 0.508 e. The van der Waals surface area contributed by atoms with E-state index in [0.29, 0.717) is 28.6 Å². The molecule has 6 rings (SSSR count). The molecule has 4 aromatic carbocycles. The van der Waals surface area contributed by atoms with Crippen LogP contribution in [0.25, 0.3) is 0 Å². The number of nitrogens with zero attached hydrogens (tertiary/aromatic N) is 4. The number of hydrogen-bond acceptors (Lipinski definition) is 10. The van der Waals surface area contributed by atoms with Crippen molar-refractivity contribution in [2.45, 2.75) is 67.9 Å². The van der Waals surface area contributed by atoms with Crippen LogP contribution in [0, 0.1) is 78.1 Å². The van der Waals surface area contributed by atoms with Gasteiger partial charge in [0.25, 0.3) is 11.8 Å². The first-order valence-corrected chi connectivity index (χ1v) is 18.3. The molecule has 0 radical (unpaired) electrons. The summed E-state index contributed by atoms with van der Waals surface area (Å²) >= 11 is 5.58. The first-order chi connectivity index (χ1) is 27.2. The fourth-order valence-electron chi connectivity index (χ4n) is 5.43. The van der Waals surface area contributed by atoms with Crippen LogP contribution in [0.1, 0.15) is 88.1 Å². The van der Waals surface area contributed by atoms with Gasteiger partial charge in [-0.2, -0.15) is 10.5 Å². The van der Waals surface area contributed by atoms with E-state index < -0.39 is 0 Å². The Kier molecular flexibility index (Phi) is 14.8. The molecule has 292 valence electrons. The van der Waals surface area contributed by atoms with Crippen LogP contribution in [0.4, 0.5) is 11.4 Å². The SMILES string of the molecule is Cc1cccc(NC(=O)c2ccc(O)cc2C#N)c1C.Cc1cccc(NC(=O)c2ccc(OCc3c(C)noc3C)cc2C#N)c1C.Cc1noc(C)c1CCl. The van der Waals surface area contributed by atoms with Crippen LogP contribution in [-0.2, 0) is 12.5 Å². The number of aromatic nitrogens is 2. The maximum absolute atomic E-state index is 12.7. The number of carbonyl (C=O) groups excluding carboxylic acids is 2. The molecule has 0 aliphatic rings. The second-order valence-electron chi connectivity index (χ2n) is 13.1. The summed E-state index contributed by atoms with van der Waals surface area (Å²) in [5.74, 6) is 1.77. The molecule has 0 spiro atoms. The van der Waals surface area contributed by atoms with Crippen LogP contribution in [0.2, 0.25) is 0 Å². The highest BCUT2D eigenvalue weighted by Crippen LogP contribution is 2.24. The van der Waals surface area contributed by atoms with Crippen molar-refractivity contribution in [3.05, 3.63) is 151 Å². The van der Waals surface area contributed by atoms with Crippen LogP contribution in [0.5, 0.6) is 11.5 Å². The maximum atomic E-state index is 12.7. The number of hydrogen-bond donors (Lipinski definition) is 3. The van der Waals surface area contributed by atoms with Crippen LogP contribution < -0.4 is 15.4 Å². The van der Waals surface area contributed by atoms with Gasteiger partial charge in [-0.3, -0.25) is 9.59 Å². The molecule has 0 unspecified atom stereocenters. The van der Waals surface area contributed by atoms with Gasteiger partial charge in [0, 0.05) is 16.9 Å². The van der Waals surface area contributed by atoms with Crippen LogP contribution in [0.3, 0.4) is 0 Å². The summed E-state index contributed by atoms with van der Waals surface area (Å²) < 4.78 is 15.7. The lowest BCUT2D eigenvalue weighted by atomic mass is 10.1. The van der Waals surface area contributed by atoms with Crippen molar-refractivity contribution in [2.24, 2.45) is 0 Å². The van der Waals surface area contributed by atoms with E-state index in [4.69, 9.17) is 30.6 Å². The van der Waals surface area contributed by atoms with Gasteiger partial charge in [0.05, 0.1) is 45.1 Å². The normalized spacial score (nSPS) is 10.2. The third-order valence-electron chi connectivity index (χ3n) is 9.31. The number of alkyl halides is 1. The summed E-state index contributed by atoms with van der Waals surface area (Å²) in [6.07, 6.45) is 0. The third-order valence-corrected chi connectivity index (χ3v) is 9.58. The maximum Gasteiger partial charge on any atom is 0.257 e. The fourth-order valence-corrected chi connectivity index (χ4v) is 5.82. The minimum atomic E-state index is -0.366. The van der Waals surface area contributed by atoms with Gasteiger partial charge in [-0.25, -0.2) is 0 Å². The topological polar surface area (TPSA) is 187 Å². The average Bonchev–Trinajstić information content (AvgIpc) is 3.71. The van der Waals surface area contributed by atoms with Crippen LogP contribution >= 0.6 is 11.6 Å². The number of phenols is 1. The second-order valence-corrected chi connectivity index (χ2v) is 13.4. The number of ether oxygens (including phenoxy) is 1. The zero-order valence-corrected chi connectivity index (χ0v) is 33.8. The molecule has 0 aliphatic heterocycles. The number of carbonyl (C=O) groups is 2. The molecule has 2 heterocycles. The smallest absolute Gasteiger partial charge is 0.257 e. The zero-order chi connectivity index (χ0) is 41.8. The van der Waals surface area contributed by atoms with E-state index in [0.717, 1.165) is 56.2 Å². The van der Waals surface area contributed by atoms with E-state index in [2.05, 4.69) is 27.0 Å². The van der Waals surface area contributed by atoms with Crippen LogP contribution in [-0.4, -0.2) is 27.2 Å². The Morgan fingerprint density at radius 1 is 0.702 bits per heavy atom. The highest BCUT2D eigenvalue weighted by molar-refractivity contribution is 6.17. The van der Waals surface area contributed by atoms with Gasteiger partial charge < -0.3 is 29.5 Å². The first kappa shape index (κ1) is 42.8. The molecule has 3 N–H and O–H groups in total. The lowest BCUT2D eigenvalue weighted by molar-refractivity contribution is 0.101. The van der Waals surface area contributed by atoms with Crippen molar-refractivity contribution in [3.8, 4) is 23.6 Å². The van der Waals surface area contributed by atoms with E-state index in [-0.39, 0.29) is 40.9 Å². The molecule has 6 aromatic rings. The molecular weight excluding hydrogens is 744 g/mol. The molecule has 0 aliphatic carbocycles. The molecule has 2 aromatic heterocycles. The number of rotatable bonds is 8. The number of nitriles is 2.